The molecule has 0 aliphatic carbocycles. The van der Waals surface area contributed by atoms with Crippen molar-refractivity contribution in [2.45, 2.75) is 0 Å². The topological polar surface area (TPSA) is 61.8 Å². The Morgan fingerprint density at radius 2 is 1.04 bits per heavy atom. The van der Waals surface area contributed by atoms with Gasteiger partial charge in [0.15, 0.2) is 0 Å². The highest BCUT2D eigenvalue weighted by Gasteiger charge is 2.19. The van der Waals surface area contributed by atoms with Crippen LogP contribution in [0.3, 0.4) is 0 Å². The summed E-state index contributed by atoms with van der Waals surface area (Å²) in [4.78, 5) is 3.98. The molecule has 7 aromatic carbocycles. The first kappa shape index (κ1) is 28.8. The van der Waals surface area contributed by atoms with E-state index in [0.29, 0.717) is 16.8 Å². The van der Waals surface area contributed by atoms with Gasteiger partial charge in [-0.05, 0) is 76.9 Å². The van der Waals surface area contributed by atoms with Crippen LogP contribution in [0.4, 0.5) is 5.69 Å². The fourth-order valence-corrected chi connectivity index (χ4v) is 7.39. The van der Waals surface area contributed by atoms with Crippen LogP contribution >= 0.6 is 0 Å². The molecule has 0 amide bonds. The van der Waals surface area contributed by atoms with Crippen molar-refractivity contribution in [2.24, 2.45) is 0 Å². The van der Waals surface area contributed by atoms with Crippen molar-refractivity contribution in [3.63, 3.8) is 0 Å². The number of para-hydroxylation sites is 4. The van der Waals surface area contributed by atoms with E-state index >= 15 is 0 Å². The van der Waals surface area contributed by atoms with Crippen molar-refractivity contribution in [3.8, 4) is 45.8 Å². The number of nitrogens with zero attached hydrogens (tertiary/aromatic N) is 5. The van der Waals surface area contributed by atoms with Crippen molar-refractivity contribution in [2.75, 3.05) is 0 Å². The summed E-state index contributed by atoms with van der Waals surface area (Å²) in [5, 5.41) is 24.0. The normalized spacial score (nSPS) is 11.1. The molecule has 0 unspecified atom stereocenters. The minimum Gasteiger partial charge on any atom is -0.318 e. The van der Waals surface area contributed by atoms with E-state index in [1.54, 1.807) is 0 Å². The van der Waals surface area contributed by atoms with Crippen molar-refractivity contribution in [1.82, 2.24) is 9.13 Å². The van der Waals surface area contributed by atoms with Crippen LogP contribution < -0.4 is 0 Å². The van der Waals surface area contributed by atoms with Gasteiger partial charge >= 0.3 is 0 Å². The predicted octanol–water partition coefficient (Wildman–Crippen LogP) is 11.5. The fourth-order valence-electron chi connectivity index (χ4n) is 7.39. The number of fused-ring (bicyclic) bond motifs is 6. The number of benzene rings is 7. The molecule has 0 atom stereocenters. The third-order valence-electron chi connectivity index (χ3n) is 9.57. The number of nitriles is 2. The molecular weight excluding hydrogens is 611 g/mol. The Kier molecular flexibility index (Phi) is 6.56. The highest BCUT2D eigenvalue weighted by atomic mass is 15.0. The molecular formula is C45H25N5. The lowest BCUT2D eigenvalue weighted by molar-refractivity contribution is 1.18. The van der Waals surface area contributed by atoms with E-state index in [9.17, 15) is 10.5 Å². The Labute approximate surface area is 288 Å². The van der Waals surface area contributed by atoms with E-state index in [4.69, 9.17) is 6.57 Å². The van der Waals surface area contributed by atoms with Crippen molar-refractivity contribution < 1.29 is 0 Å². The zero-order valence-electron chi connectivity index (χ0n) is 26.7. The Balaban J connectivity index is 1.20. The van der Waals surface area contributed by atoms with Gasteiger partial charge in [-0.25, -0.2) is 4.85 Å². The number of rotatable bonds is 4. The molecule has 9 rings (SSSR count). The van der Waals surface area contributed by atoms with Gasteiger partial charge in [0, 0.05) is 27.2 Å². The number of aromatic nitrogens is 2. The van der Waals surface area contributed by atoms with Crippen LogP contribution in [0.1, 0.15) is 11.1 Å². The second-order valence-electron chi connectivity index (χ2n) is 12.3. The summed E-state index contributed by atoms with van der Waals surface area (Å²) in [6.45, 7) is 8.12. The summed E-state index contributed by atoms with van der Waals surface area (Å²) < 4.78 is 4.38. The first-order chi connectivity index (χ1) is 24.7. The van der Waals surface area contributed by atoms with E-state index < -0.39 is 0 Å². The van der Waals surface area contributed by atoms with Crippen LogP contribution in [0, 0.1) is 29.2 Å². The molecule has 0 aliphatic heterocycles. The van der Waals surface area contributed by atoms with Gasteiger partial charge in [0.2, 0.25) is 5.69 Å². The average Bonchev–Trinajstić information content (AvgIpc) is 3.70. The third-order valence-corrected chi connectivity index (χ3v) is 9.57. The molecule has 5 heteroatoms. The largest absolute Gasteiger partial charge is 0.318 e. The quantitative estimate of drug-likeness (QED) is 0.181. The molecule has 5 nitrogen and oxygen atoms in total. The molecule has 0 N–H and O–H groups in total. The molecule has 0 bridgehead atoms. The summed E-state index contributed by atoms with van der Waals surface area (Å²) in [5.41, 5.74) is 11.4. The molecule has 0 aliphatic rings. The van der Waals surface area contributed by atoms with E-state index in [1.807, 2.05) is 66.7 Å². The molecule has 2 aromatic heterocycles. The Morgan fingerprint density at radius 3 is 1.68 bits per heavy atom. The maximum absolute atomic E-state index is 10.1. The summed E-state index contributed by atoms with van der Waals surface area (Å²) in [5.74, 6) is 0. The second kappa shape index (κ2) is 11.4. The van der Waals surface area contributed by atoms with Crippen LogP contribution in [-0.2, 0) is 0 Å². The van der Waals surface area contributed by atoms with E-state index in [-0.39, 0.29) is 0 Å². The van der Waals surface area contributed by atoms with Gasteiger partial charge in [0.1, 0.15) is 0 Å². The summed E-state index contributed by atoms with van der Waals surface area (Å²) in [7, 11) is 0. The zero-order chi connectivity index (χ0) is 33.8. The molecule has 0 fully saturated rings. The van der Waals surface area contributed by atoms with Gasteiger partial charge in [-0.2, -0.15) is 10.5 Å². The fraction of sp³-hybridized carbons (Fsp3) is 0. The number of hydrogen-bond donors (Lipinski definition) is 0. The lowest BCUT2D eigenvalue weighted by atomic mass is 9.97. The first-order valence-corrected chi connectivity index (χ1v) is 16.3. The second-order valence-corrected chi connectivity index (χ2v) is 12.3. The monoisotopic (exact) mass is 635 g/mol. The molecule has 0 radical (unpaired) electrons. The smallest absolute Gasteiger partial charge is 0.211 e. The minimum atomic E-state index is 0.555. The lowest BCUT2D eigenvalue weighted by Gasteiger charge is -2.16. The van der Waals surface area contributed by atoms with Gasteiger partial charge in [0.25, 0.3) is 0 Å². The van der Waals surface area contributed by atoms with Crippen LogP contribution in [0.5, 0.6) is 0 Å². The Bertz CT molecular complexity index is 2900. The summed E-state index contributed by atoms with van der Waals surface area (Å²) in [6.07, 6.45) is 0. The number of hydrogen-bond acceptors (Lipinski definition) is 2. The van der Waals surface area contributed by atoms with Gasteiger partial charge < -0.3 is 9.13 Å². The predicted molar refractivity (Wildman–Crippen MR) is 202 cm³/mol. The van der Waals surface area contributed by atoms with E-state index in [1.165, 1.54) is 0 Å². The molecule has 2 heterocycles. The molecule has 230 valence electrons. The Hall–Kier alpha value is -7.39. The molecule has 9 aromatic rings. The van der Waals surface area contributed by atoms with Gasteiger partial charge in [-0.1, -0.05) is 97.1 Å². The molecule has 0 spiro atoms. The summed E-state index contributed by atoms with van der Waals surface area (Å²) in [6, 6.07) is 55.4. The SMILES string of the molecule is [C-]#[N+]c1cccc(-c2ccc(-c3cc(C#N)cc(-n4c5ccccc5c5cc(C#N)ccc54)c3)cc2)c1-n1c2ccccc2c2ccccc21. The van der Waals surface area contributed by atoms with Gasteiger partial charge in [-0.15, -0.1) is 0 Å². The molecule has 0 saturated heterocycles. The third kappa shape index (κ3) is 4.38. The van der Waals surface area contributed by atoms with Crippen LogP contribution in [0.25, 0.3) is 82.1 Å². The van der Waals surface area contributed by atoms with E-state index in [0.717, 1.165) is 77.2 Å². The van der Waals surface area contributed by atoms with Crippen molar-refractivity contribution in [1.29, 1.82) is 10.5 Å². The summed E-state index contributed by atoms with van der Waals surface area (Å²) >= 11 is 0. The zero-order valence-corrected chi connectivity index (χ0v) is 26.7. The highest BCUT2D eigenvalue weighted by molar-refractivity contribution is 6.11. The minimum absolute atomic E-state index is 0.555. The van der Waals surface area contributed by atoms with Crippen LogP contribution in [0.2, 0.25) is 0 Å². The first-order valence-electron chi connectivity index (χ1n) is 16.3. The van der Waals surface area contributed by atoms with Crippen molar-refractivity contribution in [3.05, 3.63) is 174 Å². The maximum atomic E-state index is 10.1. The van der Waals surface area contributed by atoms with Crippen molar-refractivity contribution >= 4 is 49.3 Å². The average molecular weight is 636 g/mol. The van der Waals surface area contributed by atoms with E-state index in [2.05, 4.69) is 111 Å². The lowest BCUT2D eigenvalue weighted by Crippen LogP contribution is -1.98. The molecule has 0 saturated carbocycles. The van der Waals surface area contributed by atoms with Crippen LogP contribution in [-0.4, -0.2) is 9.13 Å². The molecule has 50 heavy (non-hydrogen) atoms. The van der Waals surface area contributed by atoms with Gasteiger partial charge in [0.05, 0.1) is 57.6 Å². The Morgan fingerprint density at radius 1 is 0.460 bits per heavy atom. The standard InChI is InChI=1S/C45H25N5/c1-48-40-13-8-12-35(45(40)50-42-15-6-2-9-36(42)37-10-3-7-16-43(37)50)32-20-18-31(19-21-32)33-23-30(28-47)24-34(26-33)49-41-14-5-4-11-38(41)39-25-29(27-46)17-22-44(39)49/h2-26H. The van der Waals surface area contributed by atoms with Gasteiger partial charge in [-0.3, -0.25) is 0 Å². The highest BCUT2D eigenvalue weighted by Crippen LogP contribution is 2.41. The maximum Gasteiger partial charge on any atom is 0.211 e. The van der Waals surface area contributed by atoms with Crippen LogP contribution in [0.15, 0.2) is 152 Å².